The summed E-state index contributed by atoms with van der Waals surface area (Å²) < 4.78 is 5.40. The largest absolute Gasteiger partial charge is 0.497 e. The van der Waals surface area contributed by atoms with Crippen molar-refractivity contribution in [2.24, 2.45) is 0 Å². The predicted octanol–water partition coefficient (Wildman–Crippen LogP) is 16.0. The molecule has 0 unspecified atom stereocenters. The van der Waals surface area contributed by atoms with Crippen LogP contribution in [0.15, 0.2) is 194 Å². The van der Waals surface area contributed by atoms with Gasteiger partial charge in [0.05, 0.1) is 19.2 Å². The Morgan fingerprint density at radius 2 is 0.857 bits per heavy atom. The molecule has 0 aliphatic carbocycles. The third kappa shape index (κ3) is 8.41. The zero-order valence-electron chi connectivity index (χ0n) is 35.0. The predicted molar refractivity (Wildman–Crippen MR) is 264 cm³/mol. The fourth-order valence-electron chi connectivity index (χ4n) is 8.02. The summed E-state index contributed by atoms with van der Waals surface area (Å²) in [5.74, 6) is 0.808. The summed E-state index contributed by atoms with van der Waals surface area (Å²) >= 11 is 0. The average Bonchev–Trinajstić information content (AvgIpc) is 3.34. The second-order valence-corrected chi connectivity index (χ2v) is 15.3. The molecule has 63 heavy (non-hydrogen) atoms. The Hall–Kier alpha value is -8.64. The van der Waals surface area contributed by atoms with E-state index in [1.54, 1.807) is 7.11 Å². The van der Waals surface area contributed by atoms with Crippen molar-refractivity contribution in [1.82, 2.24) is 0 Å². The summed E-state index contributed by atoms with van der Waals surface area (Å²) in [5.41, 5.74) is 12.7. The van der Waals surface area contributed by atoms with Gasteiger partial charge in [-0.3, -0.25) is 0 Å². The fourth-order valence-corrected chi connectivity index (χ4v) is 8.02. The summed E-state index contributed by atoms with van der Waals surface area (Å²) in [4.78, 5) is 8.49. The van der Waals surface area contributed by atoms with Crippen molar-refractivity contribution in [3.05, 3.63) is 239 Å². The number of rotatable bonds is 11. The van der Waals surface area contributed by atoms with Crippen molar-refractivity contribution < 1.29 is 4.74 Å². The zero-order chi connectivity index (χ0) is 43.1. The van der Waals surface area contributed by atoms with Crippen molar-refractivity contribution in [2.75, 3.05) is 16.9 Å². The van der Waals surface area contributed by atoms with Gasteiger partial charge in [0, 0.05) is 34.1 Å². The number of nitriles is 1. The number of para-hydroxylation sites is 2. The molecule has 0 fully saturated rings. The Labute approximate surface area is 368 Å². The molecule has 0 radical (unpaired) electrons. The van der Waals surface area contributed by atoms with Crippen LogP contribution in [0.3, 0.4) is 0 Å². The quantitative estimate of drug-likeness (QED) is 0.0741. The van der Waals surface area contributed by atoms with Crippen LogP contribution in [0.2, 0.25) is 0 Å². The van der Waals surface area contributed by atoms with E-state index in [1.165, 1.54) is 5.56 Å². The van der Waals surface area contributed by atoms with Gasteiger partial charge in [-0.05, 0) is 142 Å². The normalized spacial score (nSPS) is 11.2. The lowest BCUT2D eigenvalue weighted by atomic mass is 9.93. The monoisotopic (exact) mass is 810 g/mol. The van der Waals surface area contributed by atoms with Gasteiger partial charge in [-0.15, -0.1) is 0 Å². The SMILES string of the molecule is [C-]#[N+]c1c2ccc(/C=C\c3ccc(N(c4ccccc4)c4ccc(OC)cc4)cc3)cc2c(C#N)c2ccc(/C=C\c3ccc(N(c4ccccc4)c4ccc(C)cc4)cc3)cc12. The molecule has 0 saturated carbocycles. The van der Waals surface area contributed by atoms with Crippen LogP contribution in [-0.4, -0.2) is 7.11 Å². The highest BCUT2D eigenvalue weighted by molar-refractivity contribution is 6.16. The van der Waals surface area contributed by atoms with Crippen molar-refractivity contribution in [2.45, 2.75) is 6.92 Å². The first-order valence-corrected chi connectivity index (χ1v) is 20.8. The van der Waals surface area contributed by atoms with E-state index in [9.17, 15) is 5.26 Å². The number of fused-ring (bicyclic) bond motifs is 2. The van der Waals surface area contributed by atoms with Crippen LogP contribution in [0.4, 0.5) is 39.8 Å². The maximum Gasteiger partial charge on any atom is 0.202 e. The molecule has 0 spiro atoms. The molecule has 0 aromatic heterocycles. The minimum atomic E-state index is 0.543. The Balaban J connectivity index is 0.969. The summed E-state index contributed by atoms with van der Waals surface area (Å²) in [6.07, 6.45) is 8.27. The minimum Gasteiger partial charge on any atom is -0.497 e. The molecule has 0 atom stereocenters. The summed E-state index contributed by atoms with van der Waals surface area (Å²) in [6.45, 7) is 10.4. The lowest BCUT2D eigenvalue weighted by Crippen LogP contribution is -2.09. The van der Waals surface area contributed by atoms with Crippen LogP contribution in [0.25, 0.3) is 50.7 Å². The number of ether oxygens (including phenoxy) is 1. The van der Waals surface area contributed by atoms with Crippen molar-refractivity contribution in [1.29, 1.82) is 5.26 Å². The van der Waals surface area contributed by atoms with E-state index >= 15 is 0 Å². The van der Waals surface area contributed by atoms with E-state index in [-0.39, 0.29) is 0 Å². The maximum absolute atomic E-state index is 10.5. The minimum absolute atomic E-state index is 0.543. The Kier molecular flexibility index (Phi) is 11.3. The van der Waals surface area contributed by atoms with Gasteiger partial charge in [0.2, 0.25) is 5.69 Å². The molecule has 300 valence electrons. The number of hydrogen-bond donors (Lipinski definition) is 0. The van der Waals surface area contributed by atoms with Crippen molar-refractivity contribution in [3.63, 3.8) is 0 Å². The summed E-state index contributed by atoms with van der Waals surface area (Å²) in [7, 11) is 1.67. The molecule has 0 heterocycles. The summed E-state index contributed by atoms with van der Waals surface area (Å²) in [6, 6.07) is 68.7. The Morgan fingerprint density at radius 1 is 0.460 bits per heavy atom. The highest BCUT2D eigenvalue weighted by Crippen LogP contribution is 2.41. The first-order chi connectivity index (χ1) is 31.0. The van der Waals surface area contributed by atoms with Crippen LogP contribution >= 0.6 is 0 Å². The molecule has 5 heteroatoms. The van der Waals surface area contributed by atoms with Gasteiger partial charge in [-0.2, -0.15) is 5.26 Å². The van der Waals surface area contributed by atoms with E-state index in [4.69, 9.17) is 11.3 Å². The van der Waals surface area contributed by atoms with Crippen molar-refractivity contribution >= 4 is 85.7 Å². The summed E-state index contributed by atoms with van der Waals surface area (Å²) in [5, 5.41) is 13.6. The average molecular weight is 811 g/mol. The molecule has 0 bridgehead atoms. The topological polar surface area (TPSA) is 43.9 Å². The van der Waals surface area contributed by atoms with E-state index < -0.39 is 0 Å². The first-order valence-electron chi connectivity index (χ1n) is 20.8. The number of hydrogen-bond acceptors (Lipinski definition) is 4. The van der Waals surface area contributed by atoms with E-state index in [0.717, 1.165) is 83.7 Å². The highest BCUT2D eigenvalue weighted by Gasteiger charge is 2.16. The number of aryl methyl sites for hydroxylation is 1. The van der Waals surface area contributed by atoms with Gasteiger partial charge in [-0.25, -0.2) is 4.85 Å². The van der Waals surface area contributed by atoms with Gasteiger partial charge in [0.25, 0.3) is 0 Å². The Bertz CT molecular complexity index is 3200. The lowest BCUT2D eigenvalue weighted by molar-refractivity contribution is 0.415. The van der Waals surface area contributed by atoms with Gasteiger partial charge >= 0.3 is 0 Å². The van der Waals surface area contributed by atoms with Gasteiger partial charge in [0.1, 0.15) is 11.8 Å². The third-order valence-corrected chi connectivity index (χ3v) is 11.3. The van der Waals surface area contributed by atoms with Crippen LogP contribution < -0.4 is 14.5 Å². The van der Waals surface area contributed by atoms with E-state index in [0.29, 0.717) is 11.3 Å². The first kappa shape index (κ1) is 39.8. The molecular formula is C58H42N4O. The molecule has 0 N–H and O–H groups in total. The highest BCUT2D eigenvalue weighted by atomic mass is 16.5. The molecule has 9 aromatic rings. The molecule has 0 aliphatic rings. The third-order valence-electron chi connectivity index (χ3n) is 11.3. The van der Waals surface area contributed by atoms with Gasteiger partial charge in [-0.1, -0.05) is 133 Å². The fraction of sp³-hybridized carbons (Fsp3) is 0.0345. The van der Waals surface area contributed by atoms with Crippen molar-refractivity contribution in [3.8, 4) is 11.8 Å². The second kappa shape index (κ2) is 17.9. The number of benzene rings is 9. The van der Waals surface area contributed by atoms with E-state index in [1.807, 2.05) is 72.8 Å². The molecule has 9 rings (SSSR count). The smallest absolute Gasteiger partial charge is 0.202 e. The number of nitrogens with zero attached hydrogens (tertiary/aromatic N) is 4. The van der Waals surface area contributed by atoms with E-state index in [2.05, 4.69) is 173 Å². The second-order valence-electron chi connectivity index (χ2n) is 15.3. The van der Waals surface area contributed by atoms with Crippen LogP contribution in [0.1, 0.15) is 33.4 Å². The molecule has 0 aliphatic heterocycles. The lowest BCUT2D eigenvalue weighted by Gasteiger charge is -2.25. The Morgan fingerprint density at radius 3 is 1.32 bits per heavy atom. The number of anilines is 6. The zero-order valence-corrected chi connectivity index (χ0v) is 35.0. The molecular weight excluding hydrogens is 769 g/mol. The van der Waals surface area contributed by atoms with Gasteiger partial charge < -0.3 is 14.5 Å². The van der Waals surface area contributed by atoms with Crippen LogP contribution in [0.5, 0.6) is 5.75 Å². The molecule has 0 saturated heterocycles. The molecule has 0 amide bonds. The van der Waals surface area contributed by atoms with Crippen LogP contribution in [-0.2, 0) is 0 Å². The molecule has 5 nitrogen and oxygen atoms in total. The van der Waals surface area contributed by atoms with Gasteiger partial charge in [0.15, 0.2) is 0 Å². The maximum atomic E-state index is 10.5. The number of methoxy groups -OCH3 is 1. The van der Waals surface area contributed by atoms with Crippen LogP contribution in [0, 0.1) is 24.8 Å². The molecule has 9 aromatic carbocycles. The standard InChI is InChI=1S/C58H42N4O/c1-41-14-26-48(27-15-41)61(46-10-6-4-7-11-46)49-28-20-43(21-29-49)17-19-45-24-36-53-56(39-45)58(60-2)54-37-25-44(38-55(54)57(53)40-59)18-16-42-22-30-50(31-23-42)62(47-12-8-5-9-13-47)51-32-34-52(63-3)35-33-51/h4-39H,1,3H3/b18-16-,19-17-.